The molecule has 1 aliphatic rings. The Kier molecular flexibility index (Phi) is 4.30. The monoisotopic (exact) mass is 262 g/mol. The predicted molar refractivity (Wildman–Crippen MR) is 76.4 cm³/mol. The van der Waals surface area contributed by atoms with Gasteiger partial charge in [0.2, 0.25) is 0 Å². The van der Waals surface area contributed by atoms with E-state index in [1.54, 1.807) is 0 Å². The second-order valence-corrected chi connectivity index (χ2v) is 5.25. The molecule has 2 rings (SSSR count). The molecule has 1 amide bonds. The Morgan fingerprint density at radius 3 is 2.89 bits per heavy atom. The topological polar surface area (TPSA) is 50.4 Å². The van der Waals surface area contributed by atoms with Gasteiger partial charge in [0.25, 0.3) is 5.91 Å². The van der Waals surface area contributed by atoms with Gasteiger partial charge in [-0.2, -0.15) is 0 Å². The van der Waals surface area contributed by atoms with Crippen molar-refractivity contribution in [1.82, 2.24) is 5.32 Å². The lowest BCUT2D eigenvalue weighted by atomic mass is 10.0. The summed E-state index contributed by atoms with van der Waals surface area (Å²) in [6.45, 7) is 6.82. The quantitative estimate of drug-likeness (QED) is 0.876. The van der Waals surface area contributed by atoms with Crippen molar-refractivity contribution in [2.24, 2.45) is 5.92 Å². The fourth-order valence-corrected chi connectivity index (χ4v) is 2.28. The van der Waals surface area contributed by atoms with Crippen molar-refractivity contribution >= 4 is 11.6 Å². The standard InChI is InChI=1S/C15H22N2O2/c1-4-11(10(2)3)17-15(18)14-9-16-12-7-5-6-8-13(12)19-14/h5-8,10-11,14,16H,4,9H2,1-3H3,(H,17,18). The Morgan fingerprint density at radius 1 is 1.47 bits per heavy atom. The summed E-state index contributed by atoms with van der Waals surface area (Å²) in [5.41, 5.74) is 0.947. The van der Waals surface area contributed by atoms with Crippen LogP contribution in [0.3, 0.4) is 0 Å². The molecule has 0 bridgehead atoms. The van der Waals surface area contributed by atoms with Gasteiger partial charge in [-0.1, -0.05) is 32.9 Å². The second kappa shape index (κ2) is 5.95. The first-order chi connectivity index (χ1) is 9.11. The summed E-state index contributed by atoms with van der Waals surface area (Å²) >= 11 is 0. The number of anilines is 1. The van der Waals surface area contributed by atoms with Gasteiger partial charge in [0.05, 0.1) is 12.2 Å². The number of para-hydroxylation sites is 2. The third-order valence-corrected chi connectivity index (χ3v) is 3.50. The van der Waals surface area contributed by atoms with Crippen LogP contribution in [-0.4, -0.2) is 24.6 Å². The molecule has 0 aromatic heterocycles. The largest absolute Gasteiger partial charge is 0.477 e. The number of carbonyl (C=O) groups excluding carboxylic acids is 1. The minimum absolute atomic E-state index is 0.0393. The normalized spacial score (nSPS) is 19.1. The number of amides is 1. The number of nitrogens with one attached hydrogen (secondary N) is 2. The maximum Gasteiger partial charge on any atom is 0.263 e. The Hall–Kier alpha value is -1.71. The van der Waals surface area contributed by atoms with E-state index in [0.29, 0.717) is 12.5 Å². The van der Waals surface area contributed by atoms with Crippen LogP contribution in [0, 0.1) is 5.92 Å². The Bertz CT molecular complexity index is 446. The number of ether oxygens (including phenoxy) is 1. The molecule has 0 saturated heterocycles. The lowest BCUT2D eigenvalue weighted by molar-refractivity contribution is -0.128. The molecule has 0 aliphatic carbocycles. The van der Waals surface area contributed by atoms with E-state index in [1.807, 2.05) is 24.3 Å². The zero-order valence-electron chi connectivity index (χ0n) is 11.8. The zero-order valence-corrected chi connectivity index (χ0v) is 11.8. The highest BCUT2D eigenvalue weighted by atomic mass is 16.5. The van der Waals surface area contributed by atoms with E-state index in [1.165, 1.54) is 0 Å². The maximum absolute atomic E-state index is 12.2. The van der Waals surface area contributed by atoms with Crippen molar-refractivity contribution in [2.45, 2.75) is 39.3 Å². The smallest absolute Gasteiger partial charge is 0.263 e. The first-order valence-corrected chi connectivity index (χ1v) is 6.91. The summed E-state index contributed by atoms with van der Waals surface area (Å²) in [6, 6.07) is 7.88. The number of fused-ring (bicyclic) bond motifs is 1. The maximum atomic E-state index is 12.2. The van der Waals surface area contributed by atoms with Gasteiger partial charge in [-0.25, -0.2) is 0 Å². The molecule has 0 saturated carbocycles. The summed E-state index contributed by atoms with van der Waals surface area (Å²) in [5.74, 6) is 1.13. The molecule has 1 aromatic rings. The molecule has 0 radical (unpaired) electrons. The van der Waals surface area contributed by atoms with E-state index in [4.69, 9.17) is 4.74 Å². The minimum atomic E-state index is -0.456. The molecule has 2 unspecified atom stereocenters. The van der Waals surface area contributed by atoms with Crippen LogP contribution in [0.5, 0.6) is 5.75 Å². The zero-order chi connectivity index (χ0) is 13.8. The van der Waals surface area contributed by atoms with Gasteiger partial charge in [-0.3, -0.25) is 4.79 Å². The molecule has 1 aliphatic heterocycles. The Balaban J connectivity index is 1.99. The molecule has 4 heteroatoms. The highest BCUT2D eigenvalue weighted by Crippen LogP contribution is 2.28. The Morgan fingerprint density at radius 2 is 2.21 bits per heavy atom. The Labute approximate surface area is 114 Å². The highest BCUT2D eigenvalue weighted by molar-refractivity contribution is 5.83. The minimum Gasteiger partial charge on any atom is -0.477 e. The number of carbonyl (C=O) groups is 1. The van der Waals surface area contributed by atoms with Crippen LogP contribution in [0.4, 0.5) is 5.69 Å². The van der Waals surface area contributed by atoms with Crippen LogP contribution in [0.2, 0.25) is 0 Å². The number of rotatable bonds is 4. The van der Waals surface area contributed by atoms with Gasteiger partial charge < -0.3 is 15.4 Å². The molecule has 2 atom stereocenters. The van der Waals surface area contributed by atoms with Crippen LogP contribution in [0.15, 0.2) is 24.3 Å². The third kappa shape index (κ3) is 3.19. The summed E-state index contributed by atoms with van der Waals surface area (Å²) in [6.07, 6.45) is 0.475. The van der Waals surface area contributed by atoms with Crippen molar-refractivity contribution in [1.29, 1.82) is 0 Å². The number of hydrogen-bond acceptors (Lipinski definition) is 3. The molecular weight excluding hydrogens is 240 g/mol. The van der Waals surface area contributed by atoms with Crippen molar-refractivity contribution in [3.63, 3.8) is 0 Å². The fourth-order valence-electron chi connectivity index (χ4n) is 2.28. The molecule has 0 spiro atoms. The fraction of sp³-hybridized carbons (Fsp3) is 0.533. The highest BCUT2D eigenvalue weighted by Gasteiger charge is 2.27. The third-order valence-electron chi connectivity index (χ3n) is 3.50. The number of hydrogen-bond donors (Lipinski definition) is 2. The van der Waals surface area contributed by atoms with E-state index in [2.05, 4.69) is 31.4 Å². The van der Waals surface area contributed by atoms with Crippen LogP contribution in [0.1, 0.15) is 27.2 Å². The molecule has 19 heavy (non-hydrogen) atoms. The van der Waals surface area contributed by atoms with E-state index in [0.717, 1.165) is 17.9 Å². The van der Waals surface area contributed by atoms with Crippen molar-refractivity contribution in [3.05, 3.63) is 24.3 Å². The SMILES string of the molecule is CCC(NC(=O)C1CNc2ccccc2O1)C(C)C. The van der Waals surface area contributed by atoms with Crippen LogP contribution in [-0.2, 0) is 4.79 Å². The van der Waals surface area contributed by atoms with Gasteiger partial charge >= 0.3 is 0 Å². The van der Waals surface area contributed by atoms with E-state index < -0.39 is 6.10 Å². The second-order valence-electron chi connectivity index (χ2n) is 5.25. The average molecular weight is 262 g/mol. The van der Waals surface area contributed by atoms with Crippen LogP contribution >= 0.6 is 0 Å². The van der Waals surface area contributed by atoms with E-state index >= 15 is 0 Å². The lowest BCUT2D eigenvalue weighted by Crippen LogP contribution is -2.49. The first-order valence-electron chi connectivity index (χ1n) is 6.91. The van der Waals surface area contributed by atoms with Crippen molar-refractivity contribution in [2.75, 3.05) is 11.9 Å². The molecule has 1 heterocycles. The summed E-state index contributed by atoms with van der Waals surface area (Å²) in [4.78, 5) is 12.2. The summed E-state index contributed by atoms with van der Waals surface area (Å²) in [5, 5.41) is 6.29. The van der Waals surface area contributed by atoms with Gasteiger partial charge in [-0.15, -0.1) is 0 Å². The van der Waals surface area contributed by atoms with Crippen molar-refractivity contribution < 1.29 is 9.53 Å². The molecule has 2 N–H and O–H groups in total. The summed E-state index contributed by atoms with van der Waals surface area (Å²) < 4.78 is 5.74. The average Bonchev–Trinajstić information content (AvgIpc) is 2.43. The molecule has 104 valence electrons. The van der Waals surface area contributed by atoms with E-state index in [9.17, 15) is 4.79 Å². The van der Waals surface area contributed by atoms with Gasteiger partial charge in [0.1, 0.15) is 5.75 Å². The van der Waals surface area contributed by atoms with Gasteiger partial charge in [0, 0.05) is 6.04 Å². The van der Waals surface area contributed by atoms with Gasteiger partial charge in [0.15, 0.2) is 6.10 Å². The molecular formula is C15H22N2O2. The van der Waals surface area contributed by atoms with Gasteiger partial charge in [-0.05, 0) is 24.5 Å². The number of benzene rings is 1. The van der Waals surface area contributed by atoms with Crippen molar-refractivity contribution in [3.8, 4) is 5.75 Å². The summed E-state index contributed by atoms with van der Waals surface area (Å²) in [7, 11) is 0. The van der Waals surface area contributed by atoms with Crippen LogP contribution < -0.4 is 15.4 Å². The first kappa shape index (κ1) is 13.7. The molecule has 1 aromatic carbocycles. The molecule has 4 nitrogen and oxygen atoms in total. The lowest BCUT2D eigenvalue weighted by Gasteiger charge is -2.29. The molecule has 0 fully saturated rings. The van der Waals surface area contributed by atoms with Crippen LogP contribution in [0.25, 0.3) is 0 Å². The predicted octanol–water partition coefficient (Wildman–Crippen LogP) is 2.41. The van der Waals surface area contributed by atoms with E-state index in [-0.39, 0.29) is 11.9 Å².